The Morgan fingerprint density at radius 1 is 1.00 bits per heavy atom. The number of hydrogen-bond donors (Lipinski definition) is 3. The van der Waals surface area contributed by atoms with Crippen molar-refractivity contribution in [1.29, 1.82) is 0 Å². The molecule has 0 saturated carbocycles. The van der Waals surface area contributed by atoms with Crippen LogP contribution < -0.4 is 10.6 Å². The first-order chi connectivity index (χ1) is 17.5. The predicted molar refractivity (Wildman–Crippen MR) is 140 cm³/mol. The molecule has 2 amide bonds. The Morgan fingerprint density at radius 2 is 1.62 bits per heavy atom. The minimum Gasteiger partial charge on any atom is -0.463 e. The van der Waals surface area contributed by atoms with Crippen molar-refractivity contribution in [2.75, 3.05) is 19.8 Å². The summed E-state index contributed by atoms with van der Waals surface area (Å²) in [6.07, 6.45) is 3.33. The normalized spacial score (nSPS) is 13.4. The molecule has 0 unspecified atom stereocenters. The number of rotatable bonds is 16. The molecular formula is C28H40N2O7. The van der Waals surface area contributed by atoms with E-state index in [-0.39, 0.29) is 51.3 Å². The molecule has 204 valence electrons. The molecule has 0 fully saturated rings. The Morgan fingerprint density at radius 3 is 2.19 bits per heavy atom. The summed E-state index contributed by atoms with van der Waals surface area (Å²) in [6.45, 7) is 12.3. The van der Waals surface area contributed by atoms with Gasteiger partial charge in [0.1, 0.15) is 12.2 Å². The molecule has 9 nitrogen and oxygen atoms in total. The topological polar surface area (TPSA) is 131 Å². The molecule has 0 radical (unpaired) electrons. The van der Waals surface area contributed by atoms with E-state index in [2.05, 4.69) is 23.8 Å². The number of amides is 2. The summed E-state index contributed by atoms with van der Waals surface area (Å²) in [5, 5.41) is 14.3. The molecule has 0 heterocycles. The largest absolute Gasteiger partial charge is 0.463 e. The van der Waals surface area contributed by atoms with Crippen LogP contribution in [0.5, 0.6) is 0 Å². The van der Waals surface area contributed by atoms with Crippen LogP contribution in [0.4, 0.5) is 0 Å². The molecule has 1 rings (SSSR count). The summed E-state index contributed by atoms with van der Waals surface area (Å²) in [4.78, 5) is 50.3. The van der Waals surface area contributed by atoms with E-state index >= 15 is 0 Å². The highest BCUT2D eigenvalue weighted by Gasteiger charge is 2.28. The zero-order chi connectivity index (χ0) is 27.8. The molecule has 0 aromatic heterocycles. The average molecular weight is 517 g/mol. The first-order valence-electron chi connectivity index (χ1n) is 12.3. The van der Waals surface area contributed by atoms with Gasteiger partial charge in [0, 0.05) is 13.0 Å². The molecule has 0 bridgehead atoms. The number of ether oxygens (including phenoxy) is 2. The van der Waals surface area contributed by atoms with Crippen LogP contribution in [0.2, 0.25) is 0 Å². The van der Waals surface area contributed by atoms with Gasteiger partial charge < -0.3 is 25.2 Å². The molecule has 1 aromatic carbocycles. The van der Waals surface area contributed by atoms with E-state index in [4.69, 9.17) is 14.6 Å². The zero-order valence-electron chi connectivity index (χ0n) is 22.0. The van der Waals surface area contributed by atoms with Crippen molar-refractivity contribution < 1.29 is 33.8 Å². The van der Waals surface area contributed by atoms with Crippen LogP contribution in [0, 0.1) is 11.8 Å². The molecule has 0 aliphatic rings. The van der Waals surface area contributed by atoms with Crippen LogP contribution in [-0.2, 0) is 28.7 Å². The van der Waals surface area contributed by atoms with E-state index in [0.717, 1.165) is 0 Å². The SMILES string of the molecule is C=CC[C@H](CC(=O)NCCO)C(=O)N[C@H](COC(=O)[C@H](CC=C)CC(=O)OC(C)(C)C)c1ccccc1. The molecule has 9 heteroatoms. The highest BCUT2D eigenvalue weighted by Crippen LogP contribution is 2.20. The molecule has 3 atom stereocenters. The molecule has 0 spiro atoms. The lowest BCUT2D eigenvalue weighted by molar-refractivity contribution is -0.161. The second kappa shape index (κ2) is 16.3. The van der Waals surface area contributed by atoms with E-state index in [1.54, 1.807) is 51.1 Å². The Balaban J connectivity index is 2.95. The van der Waals surface area contributed by atoms with Crippen LogP contribution in [0.1, 0.15) is 58.1 Å². The number of hydrogen-bond acceptors (Lipinski definition) is 7. The molecule has 1 aromatic rings. The van der Waals surface area contributed by atoms with E-state index in [1.165, 1.54) is 6.08 Å². The summed E-state index contributed by atoms with van der Waals surface area (Å²) < 4.78 is 10.9. The van der Waals surface area contributed by atoms with Crippen molar-refractivity contribution in [1.82, 2.24) is 10.6 Å². The van der Waals surface area contributed by atoms with E-state index in [9.17, 15) is 19.2 Å². The Kier molecular flexibility index (Phi) is 13.9. The van der Waals surface area contributed by atoms with Gasteiger partial charge in [-0.3, -0.25) is 19.2 Å². The molecule has 37 heavy (non-hydrogen) atoms. The Hall–Kier alpha value is -3.46. The summed E-state index contributed by atoms with van der Waals surface area (Å²) in [5.74, 6) is -3.36. The predicted octanol–water partition coefficient (Wildman–Crippen LogP) is 3.00. The number of aliphatic hydroxyl groups is 1. The van der Waals surface area contributed by atoms with Gasteiger partial charge in [0.15, 0.2) is 0 Å². The zero-order valence-corrected chi connectivity index (χ0v) is 22.0. The number of aliphatic hydroxyl groups excluding tert-OH is 1. The van der Waals surface area contributed by atoms with Crippen molar-refractivity contribution in [3.63, 3.8) is 0 Å². The minimum atomic E-state index is -0.775. The van der Waals surface area contributed by atoms with E-state index in [1.807, 2.05) is 6.07 Å². The number of allylic oxidation sites excluding steroid dienone is 2. The highest BCUT2D eigenvalue weighted by atomic mass is 16.6. The maximum atomic E-state index is 13.1. The molecule has 0 aliphatic heterocycles. The van der Waals surface area contributed by atoms with Gasteiger partial charge in [0.2, 0.25) is 11.8 Å². The van der Waals surface area contributed by atoms with Crippen molar-refractivity contribution in [3.05, 3.63) is 61.2 Å². The van der Waals surface area contributed by atoms with Crippen molar-refractivity contribution in [3.8, 4) is 0 Å². The van der Waals surface area contributed by atoms with Crippen LogP contribution in [0.15, 0.2) is 55.6 Å². The van der Waals surface area contributed by atoms with Gasteiger partial charge in [-0.05, 0) is 39.2 Å². The van der Waals surface area contributed by atoms with Crippen molar-refractivity contribution in [2.45, 2.75) is 58.1 Å². The Bertz CT molecular complexity index is 909. The summed E-state index contributed by atoms with van der Waals surface area (Å²) in [5.41, 5.74) is 0.0254. The third kappa shape index (κ3) is 12.9. The third-order valence-electron chi connectivity index (χ3n) is 5.22. The van der Waals surface area contributed by atoms with Gasteiger partial charge in [-0.1, -0.05) is 42.5 Å². The minimum absolute atomic E-state index is 0.0869. The number of nitrogens with one attached hydrogen (secondary N) is 2. The van der Waals surface area contributed by atoms with Gasteiger partial charge in [-0.25, -0.2) is 0 Å². The fourth-order valence-electron chi connectivity index (χ4n) is 3.50. The van der Waals surface area contributed by atoms with Gasteiger partial charge in [0.05, 0.1) is 30.9 Å². The van der Waals surface area contributed by atoms with Gasteiger partial charge in [0.25, 0.3) is 0 Å². The number of benzene rings is 1. The third-order valence-corrected chi connectivity index (χ3v) is 5.22. The van der Waals surface area contributed by atoms with Crippen LogP contribution in [-0.4, -0.2) is 54.2 Å². The lowest BCUT2D eigenvalue weighted by Crippen LogP contribution is -2.39. The maximum Gasteiger partial charge on any atom is 0.309 e. The fraction of sp³-hybridized carbons (Fsp3) is 0.500. The van der Waals surface area contributed by atoms with Crippen LogP contribution in [0.25, 0.3) is 0 Å². The lowest BCUT2D eigenvalue weighted by Gasteiger charge is -2.24. The van der Waals surface area contributed by atoms with Crippen LogP contribution in [0.3, 0.4) is 0 Å². The monoisotopic (exact) mass is 516 g/mol. The second-order valence-electron chi connectivity index (χ2n) is 9.61. The summed E-state index contributed by atoms with van der Waals surface area (Å²) in [7, 11) is 0. The lowest BCUT2D eigenvalue weighted by atomic mass is 9.98. The highest BCUT2D eigenvalue weighted by molar-refractivity contribution is 5.86. The average Bonchev–Trinajstić information content (AvgIpc) is 2.83. The first-order valence-corrected chi connectivity index (χ1v) is 12.3. The van der Waals surface area contributed by atoms with Crippen molar-refractivity contribution >= 4 is 23.8 Å². The fourth-order valence-corrected chi connectivity index (χ4v) is 3.50. The maximum absolute atomic E-state index is 13.1. The van der Waals surface area contributed by atoms with Gasteiger partial charge in [-0.15, -0.1) is 13.2 Å². The molecule has 3 N–H and O–H groups in total. The van der Waals surface area contributed by atoms with E-state index < -0.39 is 41.3 Å². The Labute approximate surface area is 219 Å². The van der Waals surface area contributed by atoms with Gasteiger partial charge in [-0.2, -0.15) is 0 Å². The van der Waals surface area contributed by atoms with Gasteiger partial charge >= 0.3 is 11.9 Å². The number of esters is 2. The number of carbonyl (C=O) groups excluding carboxylic acids is 4. The molecular weight excluding hydrogens is 476 g/mol. The summed E-state index contributed by atoms with van der Waals surface area (Å²) >= 11 is 0. The quantitative estimate of drug-likeness (QED) is 0.227. The molecule has 0 aliphatic carbocycles. The van der Waals surface area contributed by atoms with Crippen molar-refractivity contribution in [2.24, 2.45) is 11.8 Å². The number of carbonyl (C=O) groups is 4. The first kappa shape index (κ1) is 31.6. The smallest absolute Gasteiger partial charge is 0.309 e. The standard InChI is InChI=1S/C28H40N2O7/c1-6-11-21(17-24(32)29-15-16-31)26(34)30-23(20-13-9-8-10-14-20)19-36-27(35)22(12-7-2)18-25(33)37-28(3,4)5/h6-10,13-14,21-23,31H,1-2,11-12,15-19H2,3-5H3,(H,29,32)(H,30,34)/t21-,22-,23-/m1/s1. The second-order valence-corrected chi connectivity index (χ2v) is 9.61. The van der Waals surface area contributed by atoms with Crippen LogP contribution >= 0.6 is 0 Å². The van der Waals surface area contributed by atoms with E-state index in [0.29, 0.717) is 5.56 Å². The molecule has 0 saturated heterocycles. The summed E-state index contributed by atoms with van der Waals surface area (Å²) in [6, 6.07) is 8.30.